The predicted molar refractivity (Wildman–Crippen MR) is 139 cm³/mol. The molecule has 0 radical (unpaired) electrons. The molecule has 0 heterocycles. The summed E-state index contributed by atoms with van der Waals surface area (Å²) < 4.78 is 27.4. The van der Waals surface area contributed by atoms with E-state index in [1.807, 2.05) is 97.9 Å². The van der Waals surface area contributed by atoms with Gasteiger partial charge in [-0.2, -0.15) is 0 Å². The van der Waals surface area contributed by atoms with Gasteiger partial charge in [0.15, 0.2) is 0 Å². The van der Waals surface area contributed by atoms with Crippen molar-refractivity contribution in [2.75, 3.05) is 0 Å². The smallest absolute Gasteiger partial charge is 0.221 e. The lowest BCUT2D eigenvalue weighted by molar-refractivity contribution is 0.600. The standard InChI is InChI=1S/C29H26N2O2S/c1-23-17-19-27(20-18-23)34(32,33)28(21-24-11-5-2-6-12-24)31-29(26-15-9-4-10-16-26)30-22-25-13-7-3-8-14-25/h2-21H,22H2,1H3,(H,30,31)/b28-21-. The summed E-state index contributed by atoms with van der Waals surface area (Å²) in [6.45, 7) is 2.35. The van der Waals surface area contributed by atoms with Crippen molar-refractivity contribution in [2.24, 2.45) is 4.99 Å². The largest absolute Gasteiger partial charge is 0.330 e. The average molecular weight is 467 g/mol. The molecule has 0 aliphatic carbocycles. The van der Waals surface area contributed by atoms with Crippen LogP contribution >= 0.6 is 0 Å². The molecule has 0 spiro atoms. The zero-order chi connectivity index (χ0) is 23.8. The van der Waals surface area contributed by atoms with E-state index in [0.717, 1.165) is 22.3 Å². The van der Waals surface area contributed by atoms with E-state index in [4.69, 9.17) is 4.99 Å². The van der Waals surface area contributed by atoms with E-state index >= 15 is 0 Å². The molecule has 1 N–H and O–H groups in total. The van der Waals surface area contributed by atoms with Crippen molar-refractivity contribution < 1.29 is 8.42 Å². The maximum Gasteiger partial charge on any atom is 0.221 e. The van der Waals surface area contributed by atoms with E-state index in [-0.39, 0.29) is 9.92 Å². The van der Waals surface area contributed by atoms with Crippen LogP contribution in [0.4, 0.5) is 0 Å². The fourth-order valence-corrected chi connectivity index (χ4v) is 4.67. The lowest BCUT2D eigenvalue weighted by Crippen LogP contribution is -2.28. The average Bonchev–Trinajstić information content (AvgIpc) is 2.88. The molecule has 0 saturated carbocycles. The quantitative estimate of drug-likeness (QED) is 0.268. The van der Waals surface area contributed by atoms with Gasteiger partial charge in [-0.15, -0.1) is 0 Å². The number of sulfone groups is 1. The summed E-state index contributed by atoms with van der Waals surface area (Å²) in [5, 5.41) is 3.23. The SMILES string of the molecule is Cc1ccc(S(=O)(=O)/C(=C\c2ccccc2)NC(=NCc2ccccc2)c2ccccc2)cc1. The zero-order valence-electron chi connectivity index (χ0n) is 18.9. The number of nitrogens with zero attached hydrogens (tertiary/aromatic N) is 1. The van der Waals surface area contributed by atoms with Crippen LogP contribution in [0.25, 0.3) is 6.08 Å². The first kappa shape index (κ1) is 23.2. The Labute approximate surface area is 201 Å². The number of hydrogen-bond donors (Lipinski definition) is 1. The molecule has 0 aliphatic rings. The second-order valence-corrected chi connectivity index (χ2v) is 9.80. The molecule has 170 valence electrons. The third-order valence-corrected chi connectivity index (χ3v) is 6.96. The molecular formula is C29H26N2O2S. The normalized spacial score (nSPS) is 12.4. The van der Waals surface area contributed by atoms with Crippen LogP contribution in [0.2, 0.25) is 0 Å². The molecule has 0 amide bonds. The number of nitrogens with one attached hydrogen (secondary N) is 1. The Morgan fingerprint density at radius 2 is 1.32 bits per heavy atom. The molecule has 0 unspecified atom stereocenters. The maximum atomic E-state index is 13.7. The summed E-state index contributed by atoms with van der Waals surface area (Å²) in [5.74, 6) is 0.488. The van der Waals surface area contributed by atoms with Crippen LogP contribution in [0.15, 0.2) is 130 Å². The van der Waals surface area contributed by atoms with Gasteiger partial charge >= 0.3 is 0 Å². The highest BCUT2D eigenvalue weighted by molar-refractivity contribution is 7.95. The summed E-state index contributed by atoms with van der Waals surface area (Å²) in [7, 11) is -3.83. The zero-order valence-corrected chi connectivity index (χ0v) is 19.7. The van der Waals surface area contributed by atoms with E-state index < -0.39 is 9.84 Å². The number of amidine groups is 1. The van der Waals surface area contributed by atoms with Gasteiger partial charge in [-0.3, -0.25) is 4.99 Å². The fraction of sp³-hybridized carbons (Fsp3) is 0.0690. The molecule has 0 bridgehead atoms. The minimum Gasteiger partial charge on any atom is -0.330 e. The molecule has 0 atom stereocenters. The van der Waals surface area contributed by atoms with Gasteiger partial charge in [-0.25, -0.2) is 8.42 Å². The Bertz CT molecular complexity index is 1380. The summed E-state index contributed by atoms with van der Waals surface area (Å²) in [4.78, 5) is 4.99. The monoisotopic (exact) mass is 466 g/mol. The van der Waals surface area contributed by atoms with Crippen molar-refractivity contribution >= 4 is 21.7 Å². The third kappa shape index (κ3) is 5.88. The highest BCUT2D eigenvalue weighted by Gasteiger charge is 2.23. The van der Waals surface area contributed by atoms with Gasteiger partial charge in [0.2, 0.25) is 9.84 Å². The molecule has 0 fully saturated rings. The van der Waals surface area contributed by atoms with Crippen molar-refractivity contribution in [2.45, 2.75) is 18.4 Å². The fourth-order valence-electron chi connectivity index (χ4n) is 3.40. The molecule has 5 heteroatoms. The number of benzene rings is 4. The van der Waals surface area contributed by atoms with Crippen molar-refractivity contribution in [3.8, 4) is 0 Å². The van der Waals surface area contributed by atoms with Gasteiger partial charge in [0, 0.05) is 5.56 Å². The van der Waals surface area contributed by atoms with Crippen molar-refractivity contribution in [3.05, 3.63) is 143 Å². The highest BCUT2D eigenvalue weighted by Crippen LogP contribution is 2.21. The highest BCUT2D eigenvalue weighted by atomic mass is 32.2. The molecule has 0 saturated heterocycles. The molecular weight excluding hydrogens is 440 g/mol. The lowest BCUT2D eigenvalue weighted by atomic mass is 10.2. The molecule has 4 rings (SSSR count). The summed E-state index contributed by atoms with van der Waals surface area (Å²) in [6, 6.07) is 35.7. The molecule has 0 aromatic heterocycles. The van der Waals surface area contributed by atoms with E-state index in [1.165, 1.54) is 0 Å². The van der Waals surface area contributed by atoms with Crippen LogP contribution in [0.3, 0.4) is 0 Å². The van der Waals surface area contributed by atoms with E-state index in [2.05, 4.69) is 5.32 Å². The van der Waals surface area contributed by atoms with Gasteiger partial charge in [0.1, 0.15) is 10.9 Å². The minimum absolute atomic E-state index is 0.0678. The van der Waals surface area contributed by atoms with Crippen LogP contribution in [0.5, 0.6) is 0 Å². The molecule has 4 aromatic carbocycles. The molecule has 0 aliphatic heterocycles. The topological polar surface area (TPSA) is 58.5 Å². The number of aryl methyl sites for hydroxylation is 1. The second kappa shape index (κ2) is 10.8. The molecule has 34 heavy (non-hydrogen) atoms. The van der Waals surface area contributed by atoms with Gasteiger partial charge in [0.05, 0.1) is 11.4 Å². The van der Waals surface area contributed by atoms with Crippen molar-refractivity contribution in [3.63, 3.8) is 0 Å². The van der Waals surface area contributed by atoms with Crippen LogP contribution in [0, 0.1) is 6.92 Å². The van der Waals surface area contributed by atoms with Crippen LogP contribution in [-0.2, 0) is 16.4 Å². The Hall–Kier alpha value is -3.96. The van der Waals surface area contributed by atoms with Gasteiger partial charge in [0.25, 0.3) is 0 Å². The minimum atomic E-state index is -3.83. The maximum absolute atomic E-state index is 13.7. The van der Waals surface area contributed by atoms with Crippen LogP contribution in [0.1, 0.15) is 22.3 Å². The van der Waals surface area contributed by atoms with Gasteiger partial charge in [-0.1, -0.05) is 109 Å². The predicted octanol–water partition coefficient (Wildman–Crippen LogP) is 6.00. The Kier molecular flexibility index (Phi) is 7.35. The molecule has 4 nitrogen and oxygen atoms in total. The number of aliphatic imine (C=N–C) groups is 1. The van der Waals surface area contributed by atoms with Crippen molar-refractivity contribution in [1.29, 1.82) is 0 Å². The Morgan fingerprint density at radius 1 is 0.765 bits per heavy atom. The Balaban J connectivity index is 1.79. The Morgan fingerprint density at radius 3 is 1.94 bits per heavy atom. The number of hydrogen-bond acceptors (Lipinski definition) is 3. The number of rotatable bonds is 7. The summed E-state index contributed by atoms with van der Waals surface area (Å²) in [6.07, 6.45) is 1.65. The van der Waals surface area contributed by atoms with Gasteiger partial charge < -0.3 is 5.32 Å². The van der Waals surface area contributed by atoms with Crippen LogP contribution < -0.4 is 5.32 Å². The van der Waals surface area contributed by atoms with E-state index in [0.29, 0.717) is 12.4 Å². The molecule has 4 aromatic rings. The van der Waals surface area contributed by atoms with Gasteiger partial charge in [-0.05, 0) is 36.3 Å². The first-order valence-electron chi connectivity index (χ1n) is 11.0. The van der Waals surface area contributed by atoms with E-state index in [9.17, 15) is 8.42 Å². The van der Waals surface area contributed by atoms with E-state index in [1.54, 1.807) is 30.3 Å². The first-order chi connectivity index (χ1) is 16.5. The summed E-state index contributed by atoms with van der Waals surface area (Å²) >= 11 is 0. The third-order valence-electron chi connectivity index (χ3n) is 5.27. The lowest BCUT2D eigenvalue weighted by Gasteiger charge is -2.15. The van der Waals surface area contributed by atoms with Crippen LogP contribution in [-0.4, -0.2) is 14.3 Å². The second-order valence-electron chi connectivity index (χ2n) is 7.88. The van der Waals surface area contributed by atoms with Crippen molar-refractivity contribution in [1.82, 2.24) is 5.32 Å². The first-order valence-corrected chi connectivity index (χ1v) is 12.5. The summed E-state index contributed by atoms with van der Waals surface area (Å²) in [5.41, 5.74) is 3.61.